The van der Waals surface area contributed by atoms with Crippen molar-refractivity contribution in [3.63, 3.8) is 0 Å². The maximum Gasteiger partial charge on any atom is 0.194 e. The van der Waals surface area contributed by atoms with Gasteiger partial charge in [-0.3, -0.25) is 4.79 Å². The van der Waals surface area contributed by atoms with Crippen LogP contribution in [0.4, 0.5) is 0 Å². The SMILES string of the molecule is COc1cc(Cl)c2c(c1)C(=O)c1ccccc1-2. The smallest absolute Gasteiger partial charge is 0.194 e. The summed E-state index contributed by atoms with van der Waals surface area (Å²) in [5, 5.41) is 0.553. The van der Waals surface area contributed by atoms with E-state index < -0.39 is 0 Å². The van der Waals surface area contributed by atoms with E-state index in [1.165, 1.54) is 0 Å². The van der Waals surface area contributed by atoms with E-state index in [1.807, 2.05) is 24.3 Å². The van der Waals surface area contributed by atoms with Crippen LogP contribution in [0.3, 0.4) is 0 Å². The molecule has 0 bridgehead atoms. The van der Waals surface area contributed by atoms with Crippen LogP contribution < -0.4 is 4.74 Å². The highest BCUT2D eigenvalue weighted by Gasteiger charge is 2.28. The van der Waals surface area contributed by atoms with Gasteiger partial charge in [0.15, 0.2) is 5.78 Å². The molecule has 0 saturated carbocycles. The number of rotatable bonds is 1. The van der Waals surface area contributed by atoms with Crippen molar-refractivity contribution in [3.05, 3.63) is 52.5 Å². The van der Waals surface area contributed by atoms with Crippen LogP contribution in [-0.2, 0) is 0 Å². The number of hydrogen-bond acceptors (Lipinski definition) is 2. The van der Waals surface area contributed by atoms with Crippen LogP contribution in [0.5, 0.6) is 5.75 Å². The molecular formula is C14H9ClO2. The number of ether oxygens (including phenoxy) is 1. The van der Waals surface area contributed by atoms with Gasteiger partial charge in [0.05, 0.1) is 12.1 Å². The highest BCUT2D eigenvalue weighted by Crippen LogP contribution is 2.42. The van der Waals surface area contributed by atoms with Crippen molar-refractivity contribution in [3.8, 4) is 16.9 Å². The molecule has 84 valence electrons. The molecule has 2 aromatic rings. The summed E-state index contributed by atoms with van der Waals surface area (Å²) in [6, 6.07) is 11.0. The maximum absolute atomic E-state index is 12.2. The zero-order chi connectivity index (χ0) is 12.0. The van der Waals surface area contributed by atoms with E-state index >= 15 is 0 Å². The largest absolute Gasteiger partial charge is 0.497 e. The maximum atomic E-state index is 12.2. The normalized spacial score (nSPS) is 12.2. The second kappa shape index (κ2) is 3.60. The van der Waals surface area contributed by atoms with Crippen molar-refractivity contribution in [1.82, 2.24) is 0 Å². The minimum atomic E-state index is 0.0106. The average Bonchev–Trinajstić information content (AvgIpc) is 2.64. The quantitative estimate of drug-likeness (QED) is 0.654. The highest BCUT2D eigenvalue weighted by molar-refractivity contribution is 6.37. The van der Waals surface area contributed by atoms with Gasteiger partial charge in [0.2, 0.25) is 0 Å². The van der Waals surface area contributed by atoms with Gasteiger partial charge in [0, 0.05) is 16.7 Å². The van der Waals surface area contributed by atoms with E-state index in [9.17, 15) is 4.79 Å². The Hall–Kier alpha value is -1.80. The predicted octanol–water partition coefficient (Wildman–Crippen LogP) is 3.56. The van der Waals surface area contributed by atoms with Crippen molar-refractivity contribution in [2.75, 3.05) is 7.11 Å². The molecule has 0 spiro atoms. The van der Waals surface area contributed by atoms with E-state index in [1.54, 1.807) is 19.2 Å². The lowest BCUT2D eigenvalue weighted by Crippen LogP contribution is -1.95. The summed E-state index contributed by atoms with van der Waals surface area (Å²) in [6.45, 7) is 0. The molecule has 0 amide bonds. The molecule has 0 fully saturated rings. The summed E-state index contributed by atoms with van der Waals surface area (Å²) in [5.41, 5.74) is 3.04. The van der Waals surface area contributed by atoms with Crippen LogP contribution in [0.15, 0.2) is 36.4 Å². The monoisotopic (exact) mass is 244 g/mol. The zero-order valence-corrected chi connectivity index (χ0v) is 9.91. The summed E-state index contributed by atoms with van der Waals surface area (Å²) in [6.07, 6.45) is 0. The average molecular weight is 245 g/mol. The summed E-state index contributed by atoms with van der Waals surface area (Å²) >= 11 is 6.21. The van der Waals surface area contributed by atoms with Gasteiger partial charge in [0.1, 0.15) is 5.75 Å². The third kappa shape index (κ3) is 1.38. The van der Waals surface area contributed by atoms with Crippen molar-refractivity contribution in [2.24, 2.45) is 0 Å². The number of methoxy groups -OCH3 is 1. The Morgan fingerprint density at radius 1 is 1.06 bits per heavy atom. The Balaban J connectivity index is 2.35. The highest BCUT2D eigenvalue weighted by atomic mass is 35.5. The Bertz CT molecular complexity index is 632. The second-order valence-corrected chi connectivity index (χ2v) is 4.31. The van der Waals surface area contributed by atoms with Gasteiger partial charge in [-0.1, -0.05) is 35.9 Å². The van der Waals surface area contributed by atoms with Crippen molar-refractivity contribution in [2.45, 2.75) is 0 Å². The fraction of sp³-hybridized carbons (Fsp3) is 0.0714. The number of fused-ring (bicyclic) bond motifs is 3. The van der Waals surface area contributed by atoms with Crippen LogP contribution in [0.2, 0.25) is 5.02 Å². The van der Waals surface area contributed by atoms with Gasteiger partial charge in [-0.25, -0.2) is 0 Å². The lowest BCUT2D eigenvalue weighted by molar-refractivity contribution is 0.104. The molecule has 2 aromatic carbocycles. The topological polar surface area (TPSA) is 26.3 Å². The van der Waals surface area contributed by atoms with Crippen LogP contribution in [0.25, 0.3) is 11.1 Å². The third-order valence-corrected chi connectivity index (χ3v) is 3.28. The number of ketones is 1. The second-order valence-electron chi connectivity index (χ2n) is 3.91. The molecule has 0 aromatic heterocycles. The molecule has 1 aliphatic rings. The van der Waals surface area contributed by atoms with Crippen molar-refractivity contribution < 1.29 is 9.53 Å². The Morgan fingerprint density at radius 2 is 1.76 bits per heavy atom. The summed E-state index contributed by atoms with van der Waals surface area (Å²) < 4.78 is 5.13. The minimum Gasteiger partial charge on any atom is -0.497 e. The molecule has 2 nitrogen and oxygen atoms in total. The van der Waals surface area contributed by atoms with E-state index in [0.717, 1.165) is 11.1 Å². The van der Waals surface area contributed by atoms with Gasteiger partial charge >= 0.3 is 0 Å². The Kier molecular flexibility index (Phi) is 2.20. The van der Waals surface area contributed by atoms with E-state index in [4.69, 9.17) is 16.3 Å². The third-order valence-electron chi connectivity index (χ3n) is 2.99. The van der Waals surface area contributed by atoms with Gasteiger partial charge in [0.25, 0.3) is 0 Å². The van der Waals surface area contributed by atoms with Gasteiger partial charge in [-0.05, 0) is 17.7 Å². The first-order chi connectivity index (χ1) is 8.22. The van der Waals surface area contributed by atoms with E-state index in [-0.39, 0.29) is 5.78 Å². The first-order valence-corrected chi connectivity index (χ1v) is 5.62. The number of carbonyl (C=O) groups excluding carboxylic acids is 1. The molecule has 3 heteroatoms. The summed E-state index contributed by atoms with van der Waals surface area (Å²) in [5.74, 6) is 0.617. The first-order valence-electron chi connectivity index (χ1n) is 5.24. The number of carbonyl (C=O) groups is 1. The molecule has 17 heavy (non-hydrogen) atoms. The standard InChI is InChI=1S/C14H9ClO2/c1-17-8-6-11-13(12(15)7-8)9-4-2-3-5-10(9)14(11)16/h2-7H,1H3. The number of benzene rings is 2. The zero-order valence-electron chi connectivity index (χ0n) is 9.16. The molecule has 0 atom stereocenters. The number of halogens is 1. The van der Waals surface area contributed by atoms with Crippen LogP contribution in [0, 0.1) is 0 Å². The summed E-state index contributed by atoms with van der Waals surface area (Å²) in [4.78, 5) is 12.2. The van der Waals surface area contributed by atoms with Crippen molar-refractivity contribution >= 4 is 17.4 Å². The fourth-order valence-electron chi connectivity index (χ4n) is 2.20. The molecule has 0 saturated heterocycles. The van der Waals surface area contributed by atoms with Gasteiger partial charge in [-0.15, -0.1) is 0 Å². The van der Waals surface area contributed by atoms with E-state index in [2.05, 4.69) is 0 Å². The molecule has 1 aliphatic carbocycles. The van der Waals surface area contributed by atoms with Crippen LogP contribution in [-0.4, -0.2) is 12.9 Å². The molecular weight excluding hydrogens is 236 g/mol. The summed E-state index contributed by atoms with van der Waals surface area (Å²) in [7, 11) is 1.56. The Morgan fingerprint density at radius 3 is 2.47 bits per heavy atom. The first kappa shape index (κ1) is 10.4. The number of hydrogen-bond donors (Lipinski definition) is 0. The molecule has 3 rings (SSSR count). The fourth-order valence-corrected chi connectivity index (χ4v) is 2.51. The minimum absolute atomic E-state index is 0.0106. The van der Waals surface area contributed by atoms with Gasteiger partial charge in [-0.2, -0.15) is 0 Å². The van der Waals surface area contributed by atoms with Gasteiger partial charge < -0.3 is 4.74 Å². The van der Waals surface area contributed by atoms with Crippen LogP contribution >= 0.6 is 11.6 Å². The van der Waals surface area contributed by atoms with Crippen molar-refractivity contribution in [1.29, 1.82) is 0 Å². The molecule has 0 unspecified atom stereocenters. The molecule has 0 N–H and O–H groups in total. The van der Waals surface area contributed by atoms with Crippen LogP contribution in [0.1, 0.15) is 15.9 Å². The predicted molar refractivity (Wildman–Crippen MR) is 66.9 cm³/mol. The molecule has 0 aliphatic heterocycles. The molecule has 0 heterocycles. The Labute approximate surface area is 104 Å². The molecule has 0 radical (unpaired) electrons. The lowest BCUT2D eigenvalue weighted by atomic mass is 10.1. The lowest BCUT2D eigenvalue weighted by Gasteiger charge is -2.06. The van der Waals surface area contributed by atoms with E-state index in [0.29, 0.717) is 21.9 Å².